The lowest BCUT2D eigenvalue weighted by Gasteiger charge is -2.19. The average Bonchev–Trinajstić information content (AvgIpc) is 2.44. The summed E-state index contributed by atoms with van der Waals surface area (Å²) in [6.45, 7) is 7.49. The van der Waals surface area contributed by atoms with Crippen LogP contribution in [0, 0.1) is 13.8 Å². The molecule has 1 heterocycles. The van der Waals surface area contributed by atoms with Gasteiger partial charge in [-0.05, 0) is 55.6 Å². The minimum Gasteiger partial charge on any atom is -0.305 e. The summed E-state index contributed by atoms with van der Waals surface area (Å²) in [5.74, 6) is 0. The molecule has 0 saturated carbocycles. The standard InChI is InChI=1S/C17H22N2/c1-4-10-19-17(16-7-5-6-11-18-16)15-9-8-13(2)14(3)12-15/h5-9,11-12,17,19H,4,10H2,1-3H3. The maximum absolute atomic E-state index is 4.50. The van der Waals surface area contributed by atoms with Crippen molar-refractivity contribution in [2.24, 2.45) is 0 Å². The molecule has 1 unspecified atom stereocenters. The van der Waals surface area contributed by atoms with Crippen LogP contribution >= 0.6 is 0 Å². The Morgan fingerprint density at radius 1 is 1.11 bits per heavy atom. The Balaban J connectivity index is 2.34. The second-order valence-corrected chi connectivity index (χ2v) is 4.99. The molecule has 0 aliphatic rings. The number of pyridine rings is 1. The second-order valence-electron chi connectivity index (χ2n) is 4.99. The third kappa shape index (κ3) is 3.42. The molecule has 0 saturated heterocycles. The van der Waals surface area contributed by atoms with Gasteiger partial charge in [-0.25, -0.2) is 0 Å². The molecule has 0 fully saturated rings. The molecular weight excluding hydrogens is 232 g/mol. The van der Waals surface area contributed by atoms with E-state index >= 15 is 0 Å². The number of rotatable bonds is 5. The molecule has 0 aliphatic carbocycles. The van der Waals surface area contributed by atoms with Gasteiger partial charge in [-0.3, -0.25) is 4.98 Å². The highest BCUT2D eigenvalue weighted by atomic mass is 14.9. The van der Waals surface area contributed by atoms with Gasteiger partial charge in [-0.1, -0.05) is 31.2 Å². The summed E-state index contributed by atoms with van der Waals surface area (Å²) >= 11 is 0. The van der Waals surface area contributed by atoms with Crippen LogP contribution in [-0.2, 0) is 0 Å². The molecule has 0 radical (unpaired) electrons. The van der Waals surface area contributed by atoms with Crippen LogP contribution in [-0.4, -0.2) is 11.5 Å². The Morgan fingerprint density at radius 2 is 1.95 bits per heavy atom. The molecule has 1 aromatic carbocycles. The number of hydrogen-bond donors (Lipinski definition) is 1. The smallest absolute Gasteiger partial charge is 0.0751 e. The number of nitrogens with one attached hydrogen (secondary N) is 1. The summed E-state index contributed by atoms with van der Waals surface area (Å²) in [6.07, 6.45) is 2.98. The number of aromatic nitrogens is 1. The first-order valence-corrected chi connectivity index (χ1v) is 6.94. The zero-order valence-electron chi connectivity index (χ0n) is 12.0. The molecule has 0 amide bonds. The van der Waals surface area contributed by atoms with Crippen molar-refractivity contribution in [3.05, 3.63) is 65.0 Å². The molecule has 100 valence electrons. The van der Waals surface area contributed by atoms with Crippen LogP contribution in [0.2, 0.25) is 0 Å². The van der Waals surface area contributed by atoms with Crippen LogP contribution in [0.25, 0.3) is 0 Å². The van der Waals surface area contributed by atoms with Crippen LogP contribution in [0.1, 0.15) is 41.8 Å². The summed E-state index contributed by atoms with van der Waals surface area (Å²) in [4.78, 5) is 4.50. The summed E-state index contributed by atoms with van der Waals surface area (Å²) in [6, 6.07) is 12.9. The van der Waals surface area contributed by atoms with Gasteiger partial charge in [0.05, 0.1) is 11.7 Å². The lowest BCUT2D eigenvalue weighted by molar-refractivity contribution is 0.586. The maximum Gasteiger partial charge on any atom is 0.0751 e. The van der Waals surface area contributed by atoms with Gasteiger partial charge in [0.2, 0.25) is 0 Å². The highest BCUT2D eigenvalue weighted by Gasteiger charge is 2.14. The van der Waals surface area contributed by atoms with E-state index in [1.165, 1.54) is 16.7 Å². The van der Waals surface area contributed by atoms with E-state index in [4.69, 9.17) is 0 Å². The minimum absolute atomic E-state index is 0.181. The SMILES string of the molecule is CCCNC(c1ccc(C)c(C)c1)c1ccccn1. The first-order valence-electron chi connectivity index (χ1n) is 6.94. The second kappa shape index (κ2) is 6.48. The molecule has 1 aromatic heterocycles. The lowest BCUT2D eigenvalue weighted by atomic mass is 9.98. The van der Waals surface area contributed by atoms with Crippen molar-refractivity contribution in [2.45, 2.75) is 33.2 Å². The van der Waals surface area contributed by atoms with Gasteiger partial charge in [0, 0.05) is 6.20 Å². The van der Waals surface area contributed by atoms with Crippen LogP contribution in [0.4, 0.5) is 0 Å². The Labute approximate surface area is 115 Å². The molecule has 2 heteroatoms. The van der Waals surface area contributed by atoms with E-state index in [1.54, 1.807) is 0 Å². The summed E-state index contributed by atoms with van der Waals surface area (Å²) in [5, 5.41) is 3.59. The third-order valence-electron chi connectivity index (χ3n) is 3.45. The van der Waals surface area contributed by atoms with E-state index in [0.717, 1.165) is 18.7 Å². The van der Waals surface area contributed by atoms with E-state index in [2.05, 4.69) is 55.3 Å². The van der Waals surface area contributed by atoms with Crippen molar-refractivity contribution in [3.8, 4) is 0 Å². The Bertz CT molecular complexity index is 520. The number of hydrogen-bond acceptors (Lipinski definition) is 2. The molecule has 19 heavy (non-hydrogen) atoms. The van der Waals surface area contributed by atoms with Gasteiger partial charge in [-0.2, -0.15) is 0 Å². The summed E-state index contributed by atoms with van der Waals surface area (Å²) < 4.78 is 0. The third-order valence-corrected chi connectivity index (χ3v) is 3.45. The maximum atomic E-state index is 4.50. The van der Waals surface area contributed by atoms with Gasteiger partial charge in [0.25, 0.3) is 0 Å². The monoisotopic (exact) mass is 254 g/mol. The number of nitrogens with zero attached hydrogens (tertiary/aromatic N) is 1. The molecule has 2 nitrogen and oxygen atoms in total. The molecule has 1 atom stereocenters. The van der Waals surface area contributed by atoms with Crippen LogP contribution in [0.5, 0.6) is 0 Å². The van der Waals surface area contributed by atoms with E-state index in [0.29, 0.717) is 0 Å². The zero-order chi connectivity index (χ0) is 13.7. The van der Waals surface area contributed by atoms with Crippen LogP contribution in [0.15, 0.2) is 42.6 Å². The van der Waals surface area contributed by atoms with Crippen LogP contribution < -0.4 is 5.32 Å². The minimum atomic E-state index is 0.181. The predicted octanol–water partition coefficient (Wildman–Crippen LogP) is 3.79. The van der Waals surface area contributed by atoms with Crippen molar-refractivity contribution in [1.82, 2.24) is 10.3 Å². The quantitative estimate of drug-likeness (QED) is 0.878. The van der Waals surface area contributed by atoms with Crippen molar-refractivity contribution in [3.63, 3.8) is 0 Å². The molecular formula is C17H22N2. The first-order chi connectivity index (χ1) is 9.22. The average molecular weight is 254 g/mol. The normalized spacial score (nSPS) is 12.4. The van der Waals surface area contributed by atoms with Gasteiger partial charge in [0.15, 0.2) is 0 Å². The largest absolute Gasteiger partial charge is 0.305 e. The zero-order valence-corrected chi connectivity index (χ0v) is 12.0. The van der Waals surface area contributed by atoms with Crippen molar-refractivity contribution in [1.29, 1.82) is 0 Å². The first kappa shape index (κ1) is 13.8. The van der Waals surface area contributed by atoms with Gasteiger partial charge < -0.3 is 5.32 Å². The molecule has 2 aromatic rings. The van der Waals surface area contributed by atoms with Crippen molar-refractivity contribution in [2.75, 3.05) is 6.54 Å². The fraction of sp³-hybridized carbons (Fsp3) is 0.353. The molecule has 0 spiro atoms. The lowest BCUT2D eigenvalue weighted by Crippen LogP contribution is -2.24. The van der Waals surface area contributed by atoms with E-state index in [1.807, 2.05) is 18.3 Å². The number of benzene rings is 1. The van der Waals surface area contributed by atoms with Gasteiger partial charge in [-0.15, -0.1) is 0 Å². The van der Waals surface area contributed by atoms with Gasteiger partial charge in [0.1, 0.15) is 0 Å². The van der Waals surface area contributed by atoms with E-state index in [9.17, 15) is 0 Å². The fourth-order valence-electron chi connectivity index (χ4n) is 2.17. The number of aryl methyl sites for hydroxylation is 2. The summed E-state index contributed by atoms with van der Waals surface area (Å²) in [7, 11) is 0. The molecule has 0 bridgehead atoms. The fourth-order valence-corrected chi connectivity index (χ4v) is 2.17. The molecule has 2 rings (SSSR count). The van der Waals surface area contributed by atoms with Gasteiger partial charge >= 0.3 is 0 Å². The van der Waals surface area contributed by atoms with Crippen molar-refractivity contribution >= 4 is 0 Å². The van der Waals surface area contributed by atoms with E-state index < -0.39 is 0 Å². The predicted molar refractivity (Wildman–Crippen MR) is 80.3 cm³/mol. The Morgan fingerprint density at radius 3 is 2.58 bits per heavy atom. The molecule has 1 N–H and O–H groups in total. The summed E-state index contributed by atoms with van der Waals surface area (Å²) in [5.41, 5.74) is 5.03. The highest BCUT2D eigenvalue weighted by Crippen LogP contribution is 2.22. The highest BCUT2D eigenvalue weighted by molar-refractivity contribution is 5.35. The van der Waals surface area contributed by atoms with Crippen molar-refractivity contribution < 1.29 is 0 Å². The Hall–Kier alpha value is -1.67. The Kier molecular flexibility index (Phi) is 4.69. The van der Waals surface area contributed by atoms with E-state index in [-0.39, 0.29) is 6.04 Å². The topological polar surface area (TPSA) is 24.9 Å². The molecule has 0 aliphatic heterocycles. The van der Waals surface area contributed by atoms with Crippen LogP contribution in [0.3, 0.4) is 0 Å².